The second-order valence-electron chi connectivity index (χ2n) is 7.06. The summed E-state index contributed by atoms with van der Waals surface area (Å²) < 4.78 is 49.2. The van der Waals surface area contributed by atoms with E-state index in [0.29, 0.717) is 24.8 Å². The van der Waals surface area contributed by atoms with E-state index in [1.54, 1.807) is 5.01 Å². The lowest BCUT2D eigenvalue weighted by Gasteiger charge is -2.38. The van der Waals surface area contributed by atoms with Crippen LogP contribution in [0.2, 0.25) is 0 Å². The van der Waals surface area contributed by atoms with Crippen LogP contribution in [0.1, 0.15) is 22.7 Å². The number of nitrogens with one attached hydrogen (secondary N) is 1. The van der Waals surface area contributed by atoms with Gasteiger partial charge in [-0.2, -0.15) is 13.2 Å². The number of nitrogens with two attached hydrogens (primary N) is 1. The number of hydrogen-bond acceptors (Lipinski definition) is 5. The number of benzene rings is 2. The van der Waals surface area contributed by atoms with Gasteiger partial charge in [0.1, 0.15) is 5.75 Å². The fourth-order valence-corrected chi connectivity index (χ4v) is 3.23. The number of alkyl halides is 3. The van der Waals surface area contributed by atoms with Crippen molar-refractivity contribution < 1.29 is 22.6 Å². The van der Waals surface area contributed by atoms with E-state index < -0.39 is 17.3 Å². The van der Waals surface area contributed by atoms with E-state index in [0.717, 1.165) is 23.3 Å². The summed E-state index contributed by atoms with van der Waals surface area (Å²) in [4.78, 5) is 0. The average Bonchev–Trinajstić information content (AvgIpc) is 3.09. The van der Waals surface area contributed by atoms with Crippen LogP contribution >= 0.6 is 0 Å². The molecule has 0 bridgehead atoms. The lowest BCUT2D eigenvalue weighted by atomic mass is 9.87. The Morgan fingerprint density at radius 3 is 2.52 bits per heavy atom. The molecule has 0 saturated carbocycles. The van der Waals surface area contributed by atoms with Crippen LogP contribution in [0, 0.1) is 0 Å². The molecule has 2 aromatic rings. The van der Waals surface area contributed by atoms with Gasteiger partial charge in [0.25, 0.3) is 0 Å². The third-order valence-electron chi connectivity index (χ3n) is 4.95. The van der Waals surface area contributed by atoms with Gasteiger partial charge >= 0.3 is 6.18 Å². The molecule has 0 radical (unpaired) electrons. The minimum absolute atomic E-state index is 0.206. The summed E-state index contributed by atoms with van der Waals surface area (Å²) in [5, 5.41) is 1.58. The minimum atomic E-state index is -4.39. The van der Waals surface area contributed by atoms with Gasteiger partial charge < -0.3 is 15.2 Å². The van der Waals surface area contributed by atoms with Gasteiger partial charge in [-0.1, -0.05) is 30.8 Å². The number of hydrogen-bond donors (Lipinski definition) is 2. The van der Waals surface area contributed by atoms with E-state index in [-0.39, 0.29) is 6.04 Å². The third kappa shape index (κ3) is 3.87. The van der Waals surface area contributed by atoms with Gasteiger partial charge in [-0.15, -0.1) is 0 Å². The molecular weight excluding hydrogens is 383 g/mol. The summed E-state index contributed by atoms with van der Waals surface area (Å²) >= 11 is 0. The Bertz CT molecular complexity index is 937. The van der Waals surface area contributed by atoms with E-state index in [4.69, 9.17) is 15.2 Å². The maximum atomic E-state index is 12.7. The molecule has 1 atom stereocenters. The molecule has 3 N–H and O–H groups in total. The second-order valence-corrected chi connectivity index (χ2v) is 7.06. The largest absolute Gasteiger partial charge is 0.440 e. The Labute approximate surface area is 166 Å². The van der Waals surface area contributed by atoms with Crippen molar-refractivity contribution in [1.82, 2.24) is 10.4 Å². The van der Waals surface area contributed by atoms with Crippen molar-refractivity contribution in [2.45, 2.75) is 17.8 Å². The van der Waals surface area contributed by atoms with Crippen LogP contribution in [0.25, 0.3) is 0 Å². The van der Waals surface area contributed by atoms with Gasteiger partial charge in [0.2, 0.25) is 5.88 Å². The van der Waals surface area contributed by atoms with Crippen LogP contribution in [0.4, 0.5) is 13.2 Å². The lowest BCUT2D eigenvalue weighted by Crippen LogP contribution is -2.54. The first kappa shape index (κ1) is 19.5. The van der Waals surface area contributed by atoms with E-state index in [1.807, 2.05) is 30.3 Å². The highest BCUT2D eigenvalue weighted by molar-refractivity contribution is 5.36. The highest BCUT2D eigenvalue weighted by Crippen LogP contribution is 2.33. The topological polar surface area (TPSA) is 59.8 Å². The molecule has 0 amide bonds. The zero-order valence-electron chi connectivity index (χ0n) is 15.4. The molecule has 5 nitrogen and oxygen atoms in total. The van der Waals surface area contributed by atoms with Crippen molar-refractivity contribution in [3.63, 3.8) is 0 Å². The van der Waals surface area contributed by atoms with Gasteiger partial charge in [-0.05, 0) is 35.4 Å². The van der Waals surface area contributed by atoms with Crippen molar-refractivity contribution >= 4 is 0 Å². The van der Waals surface area contributed by atoms with Crippen LogP contribution in [-0.2, 0) is 16.5 Å². The maximum absolute atomic E-state index is 12.7. The number of nitrogens with zero attached hydrogens (tertiary/aromatic N) is 1. The first-order valence-corrected chi connectivity index (χ1v) is 9.00. The van der Waals surface area contributed by atoms with Crippen LogP contribution in [-0.4, -0.2) is 18.2 Å². The molecule has 0 spiro atoms. The summed E-state index contributed by atoms with van der Waals surface area (Å²) in [6, 6.07) is 12.2. The van der Waals surface area contributed by atoms with Gasteiger partial charge in [0.15, 0.2) is 0 Å². The SMILES string of the molecule is C=CN1NC(c2cccc(C3(N)COC3)c2)C=C1Oc1ccc(C(F)(F)F)cc1. The third-order valence-corrected chi connectivity index (χ3v) is 4.95. The normalized spacial score (nSPS) is 20.8. The van der Waals surface area contributed by atoms with Crippen LogP contribution in [0.5, 0.6) is 5.75 Å². The first-order chi connectivity index (χ1) is 13.8. The highest BCUT2D eigenvalue weighted by atomic mass is 19.4. The van der Waals surface area contributed by atoms with E-state index in [9.17, 15) is 13.2 Å². The minimum Gasteiger partial charge on any atom is -0.440 e. The predicted octanol–water partition coefficient (Wildman–Crippen LogP) is 3.81. The van der Waals surface area contributed by atoms with E-state index in [2.05, 4.69) is 12.0 Å². The molecule has 0 aliphatic carbocycles. The van der Waals surface area contributed by atoms with Crippen LogP contribution in [0.3, 0.4) is 0 Å². The van der Waals surface area contributed by atoms with Gasteiger partial charge in [0, 0.05) is 12.3 Å². The molecule has 1 unspecified atom stereocenters. The molecule has 0 aromatic heterocycles. The standard InChI is InChI=1S/C21H20F3N3O2/c1-2-27-19(29-17-8-6-15(7-9-17)21(22,23)24)11-18(26-27)14-4-3-5-16(10-14)20(25)12-28-13-20/h2-11,18,26H,1,12-13,25H2. The van der Waals surface area contributed by atoms with Crippen LogP contribution < -0.4 is 15.9 Å². The van der Waals surface area contributed by atoms with Gasteiger partial charge in [-0.3, -0.25) is 5.01 Å². The highest BCUT2D eigenvalue weighted by Gasteiger charge is 2.36. The van der Waals surface area contributed by atoms with Crippen molar-refractivity contribution in [3.05, 3.63) is 90.0 Å². The van der Waals surface area contributed by atoms with E-state index in [1.165, 1.54) is 18.3 Å². The molecule has 2 aliphatic rings. The van der Waals surface area contributed by atoms with Crippen molar-refractivity contribution in [2.75, 3.05) is 13.2 Å². The molecule has 4 rings (SSSR count). The number of ether oxygens (including phenoxy) is 2. The zero-order chi connectivity index (χ0) is 20.6. The summed E-state index contributed by atoms with van der Waals surface area (Å²) in [5.41, 5.74) is 10.3. The summed E-state index contributed by atoms with van der Waals surface area (Å²) in [6.07, 6.45) is -1.02. The average molecular weight is 403 g/mol. The molecule has 2 heterocycles. The molecular formula is C21H20F3N3O2. The first-order valence-electron chi connectivity index (χ1n) is 9.00. The Morgan fingerprint density at radius 2 is 1.93 bits per heavy atom. The summed E-state index contributed by atoms with van der Waals surface area (Å²) in [7, 11) is 0. The monoisotopic (exact) mass is 403 g/mol. The summed E-state index contributed by atoms with van der Waals surface area (Å²) in [5.74, 6) is 0.712. The number of rotatable bonds is 5. The second kappa shape index (κ2) is 7.22. The van der Waals surface area contributed by atoms with E-state index >= 15 is 0 Å². The molecule has 1 saturated heterocycles. The maximum Gasteiger partial charge on any atom is 0.416 e. The molecule has 29 heavy (non-hydrogen) atoms. The Hall–Kier alpha value is -2.81. The Morgan fingerprint density at radius 1 is 1.21 bits per heavy atom. The molecule has 2 aromatic carbocycles. The number of hydrazine groups is 1. The predicted molar refractivity (Wildman–Crippen MR) is 101 cm³/mol. The Kier molecular flexibility index (Phi) is 4.85. The molecule has 2 aliphatic heterocycles. The van der Waals surface area contributed by atoms with Gasteiger partial charge in [0.05, 0.1) is 30.4 Å². The molecule has 1 fully saturated rings. The fourth-order valence-electron chi connectivity index (χ4n) is 3.23. The van der Waals surface area contributed by atoms with Crippen LogP contribution in [0.15, 0.2) is 73.3 Å². The number of halogens is 3. The zero-order valence-corrected chi connectivity index (χ0v) is 15.4. The lowest BCUT2D eigenvalue weighted by molar-refractivity contribution is -0.137. The van der Waals surface area contributed by atoms with Gasteiger partial charge in [-0.25, -0.2) is 5.43 Å². The molecule has 8 heteroatoms. The quantitative estimate of drug-likeness (QED) is 0.795. The Balaban J connectivity index is 1.54. The van der Waals surface area contributed by atoms with Crippen molar-refractivity contribution in [3.8, 4) is 5.75 Å². The fraction of sp³-hybridized carbons (Fsp3) is 0.238. The molecule has 152 valence electrons. The van der Waals surface area contributed by atoms with Crippen molar-refractivity contribution in [2.24, 2.45) is 5.73 Å². The smallest absolute Gasteiger partial charge is 0.416 e. The summed E-state index contributed by atoms with van der Waals surface area (Å²) in [6.45, 7) is 4.70. The van der Waals surface area contributed by atoms with Crippen molar-refractivity contribution in [1.29, 1.82) is 0 Å².